The number of hydrazine groups is 1. The van der Waals surface area contributed by atoms with Gasteiger partial charge in [0.1, 0.15) is 5.82 Å². The number of nitrogens with one attached hydrogen (secondary N) is 1. The fourth-order valence-corrected chi connectivity index (χ4v) is 1.73. The van der Waals surface area contributed by atoms with Gasteiger partial charge in [0.05, 0.1) is 0 Å². The lowest BCUT2D eigenvalue weighted by Gasteiger charge is -2.20. The van der Waals surface area contributed by atoms with Gasteiger partial charge in [-0.25, -0.2) is 4.39 Å². The van der Waals surface area contributed by atoms with E-state index in [1.807, 2.05) is 19.0 Å². The first-order valence-electron chi connectivity index (χ1n) is 5.07. The van der Waals surface area contributed by atoms with E-state index in [1.54, 1.807) is 12.1 Å². The molecule has 0 saturated carbocycles. The van der Waals surface area contributed by atoms with Gasteiger partial charge in [-0.05, 0) is 38.2 Å². The van der Waals surface area contributed by atoms with E-state index in [4.69, 9.17) is 17.4 Å². The monoisotopic (exact) mass is 245 g/mol. The van der Waals surface area contributed by atoms with E-state index < -0.39 is 0 Å². The molecule has 5 heteroatoms. The number of benzene rings is 1. The lowest BCUT2D eigenvalue weighted by Crippen LogP contribution is -2.43. The molecular weight excluding hydrogens is 229 g/mol. The Morgan fingerprint density at radius 2 is 2.19 bits per heavy atom. The van der Waals surface area contributed by atoms with Crippen LogP contribution in [0.2, 0.25) is 5.02 Å². The van der Waals surface area contributed by atoms with Gasteiger partial charge in [0.2, 0.25) is 0 Å². The van der Waals surface area contributed by atoms with Crippen molar-refractivity contribution < 1.29 is 4.39 Å². The minimum absolute atomic E-state index is 0.0191. The Hall–Kier alpha value is -0.680. The van der Waals surface area contributed by atoms with Crippen LogP contribution < -0.4 is 11.3 Å². The summed E-state index contributed by atoms with van der Waals surface area (Å²) in [5, 5.41) is 0.408. The third kappa shape index (κ3) is 4.06. The Balaban J connectivity index is 2.70. The van der Waals surface area contributed by atoms with E-state index in [0.717, 1.165) is 6.54 Å². The van der Waals surface area contributed by atoms with Gasteiger partial charge >= 0.3 is 0 Å². The lowest BCUT2D eigenvalue weighted by molar-refractivity contribution is 0.336. The van der Waals surface area contributed by atoms with Crippen LogP contribution in [-0.4, -0.2) is 31.6 Å². The molecule has 0 saturated heterocycles. The summed E-state index contributed by atoms with van der Waals surface area (Å²) in [7, 11) is 3.89. The molecule has 0 fully saturated rings. The summed E-state index contributed by atoms with van der Waals surface area (Å²) in [6, 6.07) is 4.71. The van der Waals surface area contributed by atoms with Crippen molar-refractivity contribution in [2.75, 3.05) is 20.6 Å². The van der Waals surface area contributed by atoms with E-state index in [2.05, 4.69) is 5.43 Å². The third-order valence-corrected chi connectivity index (χ3v) is 2.54. The second-order valence-electron chi connectivity index (χ2n) is 4.07. The number of nitrogens with two attached hydrogens (primary N) is 1. The van der Waals surface area contributed by atoms with Crippen LogP contribution in [0.5, 0.6) is 0 Å². The average Bonchev–Trinajstić information content (AvgIpc) is 2.20. The maximum Gasteiger partial charge on any atom is 0.127 e. The molecule has 0 aliphatic rings. The first-order valence-corrected chi connectivity index (χ1v) is 5.45. The first kappa shape index (κ1) is 13.4. The number of likely N-dealkylation sites (N-methyl/N-ethyl adjacent to an activating group) is 1. The maximum atomic E-state index is 13.5. The SMILES string of the molecule is CN(C)CC(Cc1ccc(Cl)cc1F)NN. The molecule has 0 aromatic heterocycles. The van der Waals surface area contributed by atoms with Crippen LogP contribution in [0, 0.1) is 5.82 Å². The molecule has 1 unspecified atom stereocenters. The molecule has 0 heterocycles. The summed E-state index contributed by atoms with van der Waals surface area (Å²) >= 11 is 5.68. The molecule has 1 aromatic rings. The normalized spacial score (nSPS) is 13.1. The Labute approximate surface area is 100 Å². The summed E-state index contributed by atoms with van der Waals surface area (Å²) in [5.74, 6) is 5.14. The number of hydrogen-bond acceptors (Lipinski definition) is 3. The van der Waals surface area contributed by atoms with E-state index in [1.165, 1.54) is 6.07 Å². The standard InChI is InChI=1S/C11H17ClFN3/c1-16(2)7-10(15-14)5-8-3-4-9(12)6-11(8)13/h3-4,6,10,15H,5,7,14H2,1-2H3. The van der Waals surface area contributed by atoms with Crippen molar-refractivity contribution in [2.24, 2.45) is 5.84 Å². The molecule has 3 N–H and O–H groups in total. The largest absolute Gasteiger partial charge is 0.308 e. The molecule has 0 aliphatic heterocycles. The van der Waals surface area contributed by atoms with Gasteiger partial charge in [0, 0.05) is 17.6 Å². The van der Waals surface area contributed by atoms with Crippen LogP contribution in [0.15, 0.2) is 18.2 Å². The minimum atomic E-state index is -0.286. The molecule has 0 spiro atoms. The summed E-state index contributed by atoms with van der Waals surface area (Å²) in [6.07, 6.45) is 0.539. The van der Waals surface area contributed by atoms with Crippen molar-refractivity contribution in [2.45, 2.75) is 12.5 Å². The highest BCUT2D eigenvalue weighted by atomic mass is 35.5. The zero-order valence-corrected chi connectivity index (χ0v) is 10.3. The predicted molar refractivity (Wildman–Crippen MR) is 64.8 cm³/mol. The van der Waals surface area contributed by atoms with Crippen LogP contribution in [0.3, 0.4) is 0 Å². The van der Waals surface area contributed by atoms with Crippen LogP contribution in [-0.2, 0) is 6.42 Å². The Morgan fingerprint density at radius 3 is 2.69 bits per heavy atom. The van der Waals surface area contributed by atoms with Crippen molar-refractivity contribution >= 4 is 11.6 Å². The highest BCUT2D eigenvalue weighted by Gasteiger charge is 2.12. The Bertz CT molecular complexity index is 344. The highest BCUT2D eigenvalue weighted by molar-refractivity contribution is 6.30. The molecule has 1 rings (SSSR count). The number of nitrogens with zero attached hydrogens (tertiary/aromatic N) is 1. The van der Waals surface area contributed by atoms with Gasteiger partial charge in [0.15, 0.2) is 0 Å². The molecule has 1 atom stereocenters. The first-order chi connectivity index (χ1) is 7.52. The quantitative estimate of drug-likeness (QED) is 0.609. The number of rotatable bonds is 5. The summed E-state index contributed by atoms with van der Waals surface area (Å²) < 4.78 is 13.5. The summed E-state index contributed by atoms with van der Waals surface area (Å²) in [4.78, 5) is 2.00. The third-order valence-electron chi connectivity index (χ3n) is 2.30. The van der Waals surface area contributed by atoms with Crippen molar-refractivity contribution in [3.8, 4) is 0 Å². The van der Waals surface area contributed by atoms with Crippen LogP contribution >= 0.6 is 11.6 Å². The van der Waals surface area contributed by atoms with Crippen LogP contribution in [0.4, 0.5) is 4.39 Å². The van der Waals surface area contributed by atoms with Crippen molar-refractivity contribution in [1.82, 2.24) is 10.3 Å². The molecule has 90 valence electrons. The number of halogens is 2. The highest BCUT2D eigenvalue weighted by Crippen LogP contribution is 2.16. The van der Waals surface area contributed by atoms with Gasteiger partial charge in [-0.2, -0.15) is 0 Å². The van der Waals surface area contributed by atoms with Gasteiger partial charge < -0.3 is 4.90 Å². The zero-order valence-electron chi connectivity index (χ0n) is 9.50. The zero-order chi connectivity index (χ0) is 12.1. The molecule has 0 amide bonds. The van der Waals surface area contributed by atoms with Crippen LogP contribution in [0.1, 0.15) is 5.56 Å². The molecule has 0 aliphatic carbocycles. The van der Waals surface area contributed by atoms with Gasteiger partial charge in [-0.1, -0.05) is 17.7 Å². The van der Waals surface area contributed by atoms with E-state index >= 15 is 0 Å². The van der Waals surface area contributed by atoms with Crippen LogP contribution in [0.25, 0.3) is 0 Å². The second kappa shape index (κ2) is 6.15. The Kier molecular flexibility index (Phi) is 5.15. The summed E-state index contributed by atoms with van der Waals surface area (Å²) in [5.41, 5.74) is 3.30. The Morgan fingerprint density at radius 1 is 1.50 bits per heavy atom. The summed E-state index contributed by atoms with van der Waals surface area (Å²) in [6.45, 7) is 0.749. The van der Waals surface area contributed by atoms with E-state index in [0.29, 0.717) is 17.0 Å². The molecule has 16 heavy (non-hydrogen) atoms. The van der Waals surface area contributed by atoms with Gasteiger partial charge in [-0.3, -0.25) is 11.3 Å². The molecular formula is C11H17ClFN3. The molecule has 0 bridgehead atoms. The van der Waals surface area contributed by atoms with Gasteiger partial charge in [-0.15, -0.1) is 0 Å². The molecule has 1 aromatic carbocycles. The second-order valence-corrected chi connectivity index (χ2v) is 4.50. The lowest BCUT2D eigenvalue weighted by atomic mass is 10.1. The van der Waals surface area contributed by atoms with Gasteiger partial charge in [0.25, 0.3) is 0 Å². The average molecular weight is 246 g/mol. The number of hydrogen-bond donors (Lipinski definition) is 2. The topological polar surface area (TPSA) is 41.3 Å². The van der Waals surface area contributed by atoms with Crippen molar-refractivity contribution in [3.63, 3.8) is 0 Å². The predicted octanol–water partition coefficient (Wildman–Crippen LogP) is 1.42. The molecule has 0 radical (unpaired) electrons. The van der Waals surface area contributed by atoms with Crippen molar-refractivity contribution in [1.29, 1.82) is 0 Å². The van der Waals surface area contributed by atoms with Crippen molar-refractivity contribution in [3.05, 3.63) is 34.6 Å². The van der Waals surface area contributed by atoms with E-state index in [9.17, 15) is 4.39 Å². The maximum absolute atomic E-state index is 13.5. The van der Waals surface area contributed by atoms with E-state index in [-0.39, 0.29) is 11.9 Å². The fraction of sp³-hybridized carbons (Fsp3) is 0.455. The fourth-order valence-electron chi connectivity index (χ4n) is 1.57. The minimum Gasteiger partial charge on any atom is -0.308 e. The smallest absolute Gasteiger partial charge is 0.127 e. The molecule has 3 nitrogen and oxygen atoms in total.